The highest BCUT2D eigenvalue weighted by atomic mass is 16.5. The molecule has 2 rings (SSSR count). The second kappa shape index (κ2) is 8.12. The fourth-order valence-electron chi connectivity index (χ4n) is 2.67. The molecule has 0 spiro atoms. The lowest BCUT2D eigenvalue weighted by Crippen LogP contribution is -2.46. The average Bonchev–Trinajstić information content (AvgIpc) is 2.88. The quantitative estimate of drug-likeness (QED) is 0.561. The maximum absolute atomic E-state index is 5.23. The van der Waals surface area contributed by atoms with Gasteiger partial charge in [-0.25, -0.2) is 4.99 Å². The summed E-state index contributed by atoms with van der Waals surface area (Å²) in [5, 5.41) is 10.5. The van der Waals surface area contributed by atoms with Gasteiger partial charge in [-0.3, -0.25) is 0 Å². The molecule has 0 radical (unpaired) electrons. The zero-order valence-corrected chi connectivity index (χ0v) is 13.8. The molecule has 1 saturated carbocycles. The van der Waals surface area contributed by atoms with Crippen molar-refractivity contribution < 1.29 is 9.26 Å². The van der Waals surface area contributed by atoms with E-state index in [9.17, 15) is 0 Å². The predicted molar refractivity (Wildman–Crippen MR) is 84.6 cm³/mol. The maximum Gasteiger partial charge on any atom is 0.248 e. The summed E-state index contributed by atoms with van der Waals surface area (Å²) in [7, 11) is 1.76. The maximum atomic E-state index is 5.23. The summed E-state index contributed by atoms with van der Waals surface area (Å²) in [5.41, 5.74) is 0.354. The van der Waals surface area contributed by atoms with Gasteiger partial charge in [-0.2, -0.15) is 4.98 Å². The molecule has 1 aliphatic rings. The van der Waals surface area contributed by atoms with Crippen LogP contribution in [0.15, 0.2) is 9.52 Å². The number of ether oxygens (including phenoxy) is 1. The van der Waals surface area contributed by atoms with Crippen molar-refractivity contribution in [2.75, 3.05) is 26.8 Å². The number of nitrogens with zero attached hydrogens (tertiary/aromatic N) is 3. The van der Waals surface area contributed by atoms with Gasteiger partial charge < -0.3 is 19.9 Å². The number of hydrogen-bond acceptors (Lipinski definition) is 5. The Kier molecular flexibility index (Phi) is 6.18. The van der Waals surface area contributed by atoms with Crippen LogP contribution >= 0.6 is 0 Å². The van der Waals surface area contributed by atoms with Crippen molar-refractivity contribution in [3.8, 4) is 0 Å². The number of aromatic nitrogens is 2. The van der Waals surface area contributed by atoms with Crippen LogP contribution in [-0.2, 0) is 11.3 Å². The molecule has 22 heavy (non-hydrogen) atoms. The van der Waals surface area contributed by atoms with Crippen molar-refractivity contribution in [3.63, 3.8) is 0 Å². The van der Waals surface area contributed by atoms with Crippen molar-refractivity contribution >= 4 is 5.96 Å². The molecular formula is C15H27N5O2. The molecule has 0 amide bonds. The lowest BCUT2D eigenvalue weighted by atomic mass is 9.67. The SMILES string of the molecule is CCNC(=NCc1nc(C)no1)NCC1(CCOC)CCC1. The third-order valence-corrected chi connectivity index (χ3v) is 4.17. The van der Waals surface area contributed by atoms with Gasteiger partial charge in [0.2, 0.25) is 5.89 Å². The second-order valence-corrected chi connectivity index (χ2v) is 5.88. The Labute approximate surface area is 131 Å². The lowest BCUT2D eigenvalue weighted by molar-refractivity contribution is 0.0732. The highest BCUT2D eigenvalue weighted by Crippen LogP contribution is 2.43. The highest BCUT2D eigenvalue weighted by Gasteiger charge is 2.36. The Bertz CT molecular complexity index is 482. The van der Waals surface area contributed by atoms with Crippen molar-refractivity contribution in [2.24, 2.45) is 10.4 Å². The number of nitrogens with one attached hydrogen (secondary N) is 2. The Morgan fingerprint density at radius 3 is 2.77 bits per heavy atom. The van der Waals surface area contributed by atoms with E-state index in [1.54, 1.807) is 14.0 Å². The first-order valence-electron chi connectivity index (χ1n) is 7.98. The molecule has 0 unspecified atom stereocenters. The minimum absolute atomic E-state index is 0.354. The van der Waals surface area contributed by atoms with E-state index in [4.69, 9.17) is 9.26 Å². The van der Waals surface area contributed by atoms with Gasteiger partial charge in [0.05, 0.1) is 0 Å². The van der Waals surface area contributed by atoms with Crippen LogP contribution in [-0.4, -0.2) is 42.9 Å². The molecule has 2 N–H and O–H groups in total. The van der Waals surface area contributed by atoms with Crippen LogP contribution in [0.25, 0.3) is 0 Å². The monoisotopic (exact) mass is 309 g/mol. The topological polar surface area (TPSA) is 84.6 Å². The Morgan fingerprint density at radius 2 is 2.23 bits per heavy atom. The van der Waals surface area contributed by atoms with Gasteiger partial charge in [-0.05, 0) is 38.5 Å². The van der Waals surface area contributed by atoms with Crippen LogP contribution in [0.1, 0.15) is 44.3 Å². The molecule has 0 bridgehead atoms. The van der Waals surface area contributed by atoms with Gasteiger partial charge in [-0.15, -0.1) is 0 Å². The van der Waals surface area contributed by atoms with Crippen molar-refractivity contribution in [1.29, 1.82) is 0 Å². The van der Waals surface area contributed by atoms with E-state index in [-0.39, 0.29) is 0 Å². The summed E-state index contributed by atoms with van der Waals surface area (Å²) >= 11 is 0. The number of aryl methyl sites for hydroxylation is 1. The summed E-state index contributed by atoms with van der Waals surface area (Å²) in [6, 6.07) is 0. The van der Waals surface area contributed by atoms with Crippen LogP contribution in [0.2, 0.25) is 0 Å². The van der Waals surface area contributed by atoms with Gasteiger partial charge >= 0.3 is 0 Å². The van der Waals surface area contributed by atoms with E-state index in [2.05, 4.69) is 32.7 Å². The zero-order valence-electron chi connectivity index (χ0n) is 13.8. The molecule has 0 saturated heterocycles. The first-order chi connectivity index (χ1) is 10.7. The minimum Gasteiger partial charge on any atom is -0.385 e. The molecular weight excluding hydrogens is 282 g/mol. The number of guanidine groups is 1. The van der Waals surface area contributed by atoms with Crippen LogP contribution in [0.3, 0.4) is 0 Å². The van der Waals surface area contributed by atoms with E-state index in [1.807, 2.05) is 0 Å². The fraction of sp³-hybridized carbons (Fsp3) is 0.800. The van der Waals surface area contributed by atoms with Crippen LogP contribution in [0.4, 0.5) is 0 Å². The molecule has 7 heteroatoms. The standard InChI is InChI=1S/C15H27N5O2/c1-4-16-14(17-10-13-19-12(2)20-22-13)18-11-15(6-5-7-15)8-9-21-3/h4-11H2,1-3H3,(H2,16,17,18). The van der Waals surface area contributed by atoms with E-state index in [1.165, 1.54) is 19.3 Å². The molecule has 1 fully saturated rings. The molecule has 7 nitrogen and oxygen atoms in total. The Morgan fingerprint density at radius 1 is 1.41 bits per heavy atom. The molecule has 0 aromatic carbocycles. The summed E-state index contributed by atoms with van der Waals surface area (Å²) in [6.45, 7) is 6.80. The average molecular weight is 309 g/mol. The third-order valence-electron chi connectivity index (χ3n) is 4.17. The van der Waals surface area contributed by atoms with Crippen LogP contribution in [0, 0.1) is 12.3 Å². The number of methoxy groups -OCH3 is 1. The zero-order chi connectivity index (χ0) is 15.8. The van der Waals surface area contributed by atoms with Crippen molar-refractivity contribution in [3.05, 3.63) is 11.7 Å². The Hall–Kier alpha value is -1.63. The van der Waals surface area contributed by atoms with Crippen LogP contribution < -0.4 is 10.6 Å². The molecule has 1 aromatic rings. The number of hydrogen-bond donors (Lipinski definition) is 2. The highest BCUT2D eigenvalue weighted by molar-refractivity contribution is 5.79. The van der Waals surface area contributed by atoms with Gasteiger partial charge in [0.25, 0.3) is 0 Å². The van der Waals surface area contributed by atoms with E-state index >= 15 is 0 Å². The molecule has 0 aliphatic heterocycles. The fourth-order valence-corrected chi connectivity index (χ4v) is 2.67. The summed E-state index contributed by atoms with van der Waals surface area (Å²) < 4.78 is 10.3. The van der Waals surface area contributed by atoms with Crippen molar-refractivity contribution in [2.45, 2.75) is 46.1 Å². The molecule has 1 aromatic heterocycles. The summed E-state index contributed by atoms with van der Waals surface area (Å²) in [6.07, 6.45) is 4.91. The van der Waals surface area contributed by atoms with Crippen LogP contribution in [0.5, 0.6) is 0 Å². The van der Waals surface area contributed by atoms with E-state index < -0.39 is 0 Å². The minimum atomic E-state index is 0.354. The Balaban J connectivity index is 1.87. The largest absolute Gasteiger partial charge is 0.385 e. The second-order valence-electron chi connectivity index (χ2n) is 5.88. The normalized spacial score (nSPS) is 17.1. The molecule has 1 aliphatic carbocycles. The smallest absolute Gasteiger partial charge is 0.248 e. The van der Waals surface area contributed by atoms with Gasteiger partial charge in [0.15, 0.2) is 11.8 Å². The summed E-state index contributed by atoms with van der Waals surface area (Å²) in [5.74, 6) is 1.96. The van der Waals surface area contributed by atoms with Gasteiger partial charge in [0.1, 0.15) is 6.54 Å². The van der Waals surface area contributed by atoms with Gasteiger partial charge in [0, 0.05) is 26.8 Å². The molecule has 124 valence electrons. The lowest BCUT2D eigenvalue weighted by Gasteiger charge is -2.42. The number of rotatable bonds is 8. The molecule has 1 heterocycles. The third kappa shape index (κ3) is 4.69. The van der Waals surface area contributed by atoms with E-state index in [0.29, 0.717) is 23.7 Å². The first-order valence-corrected chi connectivity index (χ1v) is 7.98. The predicted octanol–water partition coefficient (Wildman–Crippen LogP) is 1.64. The van der Waals surface area contributed by atoms with E-state index in [0.717, 1.165) is 32.1 Å². The number of aliphatic imine (C=N–C) groups is 1. The summed E-state index contributed by atoms with van der Waals surface area (Å²) in [4.78, 5) is 8.67. The molecule has 0 atom stereocenters. The van der Waals surface area contributed by atoms with Gasteiger partial charge in [-0.1, -0.05) is 11.6 Å². The van der Waals surface area contributed by atoms with Crippen molar-refractivity contribution in [1.82, 2.24) is 20.8 Å². The first kappa shape index (κ1) is 16.7.